The van der Waals surface area contributed by atoms with Gasteiger partial charge in [-0.1, -0.05) is 48.5 Å². The minimum atomic E-state index is 0.831. The first-order valence-corrected chi connectivity index (χ1v) is 7.81. The fourth-order valence-corrected chi connectivity index (χ4v) is 2.95. The van der Waals surface area contributed by atoms with Crippen LogP contribution in [0.5, 0.6) is 5.75 Å². The Hall–Kier alpha value is -3.20. The summed E-state index contributed by atoms with van der Waals surface area (Å²) in [6.07, 6.45) is 1.76. The normalized spacial score (nSPS) is 12.1. The Morgan fingerprint density at radius 1 is 0.708 bits per heavy atom. The second kappa shape index (κ2) is 6.13. The molecule has 0 amide bonds. The van der Waals surface area contributed by atoms with Gasteiger partial charge in [-0.25, -0.2) is 0 Å². The molecule has 0 saturated carbocycles. The zero-order chi connectivity index (χ0) is 16.4. The van der Waals surface area contributed by atoms with Crippen LogP contribution >= 0.6 is 0 Å². The quantitative estimate of drug-likeness (QED) is 0.404. The molecule has 0 atom stereocenters. The summed E-state index contributed by atoms with van der Waals surface area (Å²) in [4.78, 5) is 0. The topological polar surface area (TPSA) is 34.0 Å². The van der Waals surface area contributed by atoms with E-state index in [0.29, 0.717) is 0 Å². The predicted molar refractivity (Wildman–Crippen MR) is 98.1 cm³/mol. The monoisotopic (exact) mass is 312 g/mol. The van der Waals surface area contributed by atoms with Crippen molar-refractivity contribution >= 4 is 11.9 Å². The smallest absolute Gasteiger partial charge is 0.118 e. The molecule has 1 aliphatic rings. The first kappa shape index (κ1) is 14.4. The highest BCUT2D eigenvalue weighted by Gasteiger charge is 2.23. The van der Waals surface area contributed by atoms with E-state index in [1.165, 1.54) is 11.1 Å². The predicted octanol–water partition coefficient (Wildman–Crippen LogP) is 4.55. The maximum Gasteiger partial charge on any atom is 0.118 e. The molecule has 3 heteroatoms. The Kier molecular flexibility index (Phi) is 3.67. The van der Waals surface area contributed by atoms with Gasteiger partial charge >= 0.3 is 0 Å². The Morgan fingerprint density at radius 3 is 1.79 bits per heavy atom. The summed E-state index contributed by atoms with van der Waals surface area (Å²) in [5.74, 6) is 0.831. The van der Waals surface area contributed by atoms with Crippen molar-refractivity contribution in [2.24, 2.45) is 10.2 Å². The minimum absolute atomic E-state index is 0.831. The summed E-state index contributed by atoms with van der Waals surface area (Å²) in [6.45, 7) is 0. The zero-order valence-corrected chi connectivity index (χ0v) is 13.3. The van der Waals surface area contributed by atoms with Crippen LogP contribution in [-0.4, -0.2) is 19.0 Å². The third kappa shape index (κ3) is 2.50. The number of benzene rings is 3. The van der Waals surface area contributed by atoms with Crippen LogP contribution in [0, 0.1) is 0 Å². The molecular weight excluding hydrogens is 296 g/mol. The fraction of sp³-hybridized carbons (Fsp3) is 0.0476. The SMILES string of the molecule is COc1ccc(/C=N/N=C2c3ccccc3-c3ccccc32)cc1. The summed E-state index contributed by atoms with van der Waals surface area (Å²) in [5, 5.41) is 8.80. The van der Waals surface area contributed by atoms with Gasteiger partial charge in [-0.15, -0.1) is 5.10 Å². The summed E-state index contributed by atoms with van der Waals surface area (Å²) in [7, 11) is 1.66. The van der Waals surface area contributed by atoms with Crippen LogP contribution in [-0.2, 0) is 0 Å². The van der Waals surface area contributed by atoms with Gasteiger partial charge in [0.15, 0.2) is 0 Å². The number of methoxy groups -OCH3 is 1. The largest absolute Gasteiger partial charge is 0.497 e. The Morgan fingerprint density at radius 2 is 1.25 bits per heavy atom. The molecule has 24 heavy (non-hydrogen) atoms. The van der Waals surface area contributed by atoms with Crippen molar-refractivity contribution < 1.29 is 4.74 Å². The van der Waals surface area contributed by atoms with Gasteiger partial charge in [0, 0.05) is 11.1 Å². The summed E-state index contributed by atoms with van der Waals surface area (Å²) >= 11 is 0. The molecule has 116 valence electrons. The fourth-order valence-electron chi connectivity index (χ4n) is 2.95. The van der Waals surface area contributed by atoms with Gasteiger partial charge in [0.2, 0.25) is 0 Å². The summed E-state index contributed by atoms with van der Waals surface area (Å²) < 4.78 is 5.16. The Labute approximate surface area is 141 Å². The maximum absolute atomic E-state index is 5.16. The first-order valence-electron chi connectivity index (χ1n) is 7.81. The zero-order valence-electron chi connectivity index (χ0n) is 13.3. The molecule has 0 unspecified atom stereocenters. The van der Waals surface area contributed by atoms with Crippen molar-refractivity contribution in [2.75, 3.05) is 7.11 Å². The van der Waals surface area contributed by atoms with Crippen LogP contribution in [0.3, 0.4) is 0 Å². The lowest BCUT2D eigenvalue weighted by Crippen LogP contribution is -1.97. The molecule has 1 aliphatic carbocycles. The molecule has 0 saturated heterocycles. The van der Waals surface area contributed by atoms with E-state index in [-0.39, 0.29) is 0 Å². The van der Waals surface area contributed by atoms with Crippen LogP contribution in [0.2, 0.25) is 0 Å². The van der Waals surface area contributed by atoms with Crippen molar-refractivity contribution in [3.05, 3.63) is 89.5 Å². The number of nitrogens with zero attached hydrogens (tertiary/aromatic N) is 2. The van der Waals surface area contributed by atoms with E-state index < -0.39 is 0 Å². The van der Waals surface area contributed by atoms with E-state index in [1.807, 2.05) is 36.4 Å². The molecule has 0 heterocycles. The van der Waals surface area contributed by atoms with Crippen molar-refractivity contribution in [2.45, 2.75) is 0 Å². The van der Waals surface area contributed by atoms with E-state index in [2.05, 4.69) is 46.6 Å². The third-order valence-corrected chi connectivity index (χ3v) is 4.13. The lowest BCUT2D eigenvalue weighted by molar-refractivity contribution is 0.415. The molecule has 0 aliphatic heterocycles. The minimum Gasteiger partial charge on any atom is -0.497 e. The second-order valence-corrected chi connectivity index (χ2v) is 5.56. The average Bonchev–Trinajstić information content (AvgIpc) is 2.97. The summed E-state index contributed by atoms with van der Waals surface area (Å²) in [6, 6.07) is 24.4. The van der Waals surface area contributed by atoms with E-state index in [4.69, 9.17) is 4.74 Å². The maximum atomic E-state index is 5.16. The van der Waals surface area contributed by atoms with Crippen molar-refractivity contribution in [1.29, 1.82) is 0 Å². The second-order valence-electron chi connectivity index (χ2n) is 5.56. The molecular formula is C21H16N2O. The van der Waals surface area contributed by atoms with Crippen LogP contribution in [0.4, 0.5) is 0 Å². The molecule has 3 aromatic carbocycles. The molecule has 0 fully saturated rings. The third-order valence-electron chi connectivity index (χ3n) is 4.13. The summed E-state index contributed by atoms with van der Waals surface area (Å²) in [5.41, 5.74) is 6.60. The molecule has 3 aromatic rings. The highest BCUT2D eigenvalue weighted by atomic mass is 16.5. The first-order chi connectivity index (χ1) is 11.9. The molecule has 0 spiro atoms. The Balaban J connectivity index is 1.70. The number of rotatable bonds is 3. The van der Waals surface area contributed by atoms with Crippen LogP contribution < -0.4 is 4.74 Å². The number of ether oxygens (including phenoxy) is 1. The van der Waals surface area contributed by atoms with E-state index >= 15 is 0 Å². The van der Waals surface area contributed by atoms with Crippen LogP contribution in [0.25, 0.3) is 11.1 Å². The lowest BCUT2D eigenvalue weighted by atomic mass is 10.1. The van der Waals surface area contributed by atoms with E-state index in [0.717, 1.165) is 28.2 Å². The van der Waals surface area contributed by atoms with E-state index in [1.54, 1.807) is 13.3 Å². The highest BCUT2D eigenvalue weighted by Crippen LogP contribution is 2.36. The van der Waals surface area contributed by atoms with Gasteiger partial charge in [-0.2, -0.15) is 5.10 Å². The van der Waals surface area contributed by atoms with Crippen molar-refractivity contribution in [3.8, 4) is 16.9 Å². The lowest BCUT2D eigenvalue weighted by Gasteiger charge is -1.99. The Bertz CT molecular complexity index is 893. The van der Waals surface area contributed by atoms with Crippen LogP contribution in [0.1, 0.15) is 16.7 Å². The molecule has 3 nitrogen and oxygen atoms in total. The standard InChI is InChI=1S/C21H16N2O/c1-24-16-12-10-15(11-13-16)14-22-23-21-19-8-4-2-6-17(19)18-7-3-5-9-20(18)21/h2-14H,1H3/b22-14+. The van der Waals surface area contributed by atoms with Gasteiger partial charge in [0.1, 0.15) is 11.5 Å². The number of fused-ring (bicyclic) bond motifs is 3. The molecule has 0 N–H and O–H groups in total. The van der Waals surface area contributed by atoms with Gasteiger partial charge in [0.25, 0.3) is 0 Å². The highest BCUT2D eigenvalue weighted by molar-refractivity contribution is 6.24. The van der Waals surface area contributed by atoms with Crippen molar-refractivity contribution in [3.63, 3.8) is 0 Å². The number of hydrogen-bond acceptors (Lipinski definition) is 3. The molecule has 4 rings (SSSR count). The van der Waals surface area contributed by atoms with Gasteiger partial charge in [0.05, 0.1) is 13.3 Å². The molecule has 0 bridgehead atoms. The van der Waals surface area contributed by atoms with Gasteiger partial charge in [-0.05, 0) is 41.0 Å². The number of hydrogen-bond donors (Lipinski definition) is 0. The van der Waals surface area contributed by atoms with E-state index in [9.17, 15) is 0 Å². The average molecular weight is 312 g/mol. The van der Waals surface area contributed by atoms with Crippen LogP contribution in [0.15, 0.2) is 83.0 Å². The van der Waals surface area contributed by atoms with Gasteiger partial charge < -0.3 is 4.74 Å². The van der Waals surface area contributed by atoms with Crippen molar-refractivity contribution in [1.82, 2.24) is 0 Å². The molecule has 0 aromatic heterocycles. The van der Waals surface area contributed by atoms with Gasteiger partial charge in [-0.3, -0.25) is 0 Å². The molecule has 0 radical (unpaired) electrons.